The zero-order valence-corrected chi connectivity index (χ0v) is 12.0. The molecule has 2 aromatic carbocycles. The van der Waals surface area contributed by atoms with Crippen LogP contribution in [-0.2, 0) is 9.59 Å². The summed E-state index contributed by atoms with van der Waals surface area (Å²) < 4.78 is 0. The van der Waals surface area contributed by atoms with Gasteiger partial charge in [-0.15, -0.1) is 0 Å². The van der Waals surface area contributed by atoms with Gasteiger partial charge in [-0.3, -0.25) is 9.59 Å². The van der Waals surface area contributed by atoms with Crippen molar-refractivity contribution >= 4 is 28.8 Å². The number of carbonyl (C=O) groups is 2. The quantitative estimate of drug-likeness (QED) is 0.512. The monoisotopic (exact) mass is 283 g/mol. The first-order valence-electron chi connectivity index (χ1n) is 6.69. The Kier molecular flexibility index (Phi) is 4.66. The van der Waals surface area contributed by atoms with E-state index in [1.54, 1.807) is 13.8 Å². The van der Waals surface area contributed by atoms with Gasteiger partial charge in [-0.1, -0.05) is 36.4 Å². The van der Waals surface area contributed by atoms with Gasteiger partial charge < -0.3 is 5.32 Å². The van der Waals surface area contributed by atoms with Crippen molar-refractivity contribution in [2.45, 2.75) is 19.9 Å². The third-order valence-electron chi connectivity index (χ3n) is 2.78. The minimum atomic E-state index is -0.777. The molecule has 0 aliphatic rings. The highest BCUT2D eigenvalue weighted by atomic mass is 16.2. The van der Waals surface area contributed by atoms with Gasteiger partial charge in [0.25, 0.3) is 0 Å². The molecule has 0 aliphatic heterocycles. The molecule has 21 heavy (non-hydrogen) atoms. The Morgan fingerprint density at radius 1 is 1.05 bits per heavy atom. The predicted molar refractivity (Wildman–Crippen MR) is 83.0 cm³/mol. The number of rotatable bonds is 3. The fourth-order valence-corrected chi connectivity index (χ4v) is 1.83. The molecule has 2 rings (SSSR count). The van der Waals surface area contributed by atoms with Gasteiger partial charge in [0.1, 0.15) is 0 Å². The number of carbonyl (C=O) groups excluding carboxylic acids is 2. The third kappa shape index (κ3) is 4.14. The molecule has 0 spiro atoms. The number of hydrogen-bond donors (Lipinski definition) is 2. The Morgan fingerprint density at radius 2 is 1.76 bits per heavy atom. The fourth-order valence-electron chi connectivity index (χ4n) is 1.83. The van der Waals surface area contributed by atoms with Crippen LogP contribution in [0.4, 0.5) is 0 Å². The molecule has 0 aliphatic carbocycles. The van der Waals surface area contributed by atoms with E-state index < -0.39 is 11.8 Å². The van der Waals surface area contributed by atoms with Crippen molar-refractivity contribution in [2.75, 3.05) is 0 Å². The van der Waals surface area contributed by atoms with Crippen molar-refractivity contribution in [1.82, 2.24) is 10.7 Å². The molecule has 2 aromatic rings. The highest BCUT2D eigenvalue weighted by Crippen LogP contribution is 2.14. The predicted octanol–water partition coefficient (Wildman–Crippen LogP) is 1.81. The van der Waals surface area contributed by atoms with E-state index in [-0.39, 0.29) is 6.04 Å². The Bertz CT molecular complexity index is 693. The summed E-state index contributed by atoms with van der Waals surface area (Å²) in [5, 5.41) is 8.50. The number of nitrogens with zero attached hydrogens (tertiary/aromatic N) is 1. The van der Waals surface area contributed by atoms with Crippen molar-refractivity contribution in [3.05, 3.63) is 48.0 Å². The van der Waals surface area contributed by atoms with E-state index in [2.05, 4.69) is 15.8 Å². The summed E-state index contributed by atoms with van der Waals surface area (Å²) in [5.41, 5.74) is 3.05. The summed E-state index contributed by atoms with van der Waals surface area (Å²) in [5.74, 6) is -1.47. The lowest BCUT2D eigenvalue weighted by molar-refractivity contribution is -0.139. The number of benzene rings is 2. The van der Waals surface area contributed by atoms with Gasteiger partial charge in [0, 0.05) is 6.04 Å². The van der Waals surface area contributed by atoms with E-state index in [0.29, 0.717) is 0 Å². The van der Waals surface area contributed by atoms with Crippen molar-refractivity contribution in [1.29, 1.82) is 0 Å². The van der Waals surface area contributed by atoms with Crippen LogP contribution >= 0.6 is 0 Å². The SMILES string of the molecule is CC(C)NC(=O)C(=O)N/N=C\c1ccc2ccccc2c1. The van der Waals surface area contributed by atoms with Gasteiger partial charge in [-0.05, 0) is 36.2 Å². The smallest absolute Gasteiger partial charge is 0.329 e. The molecule has 0 bridgehead atoms. The van der Waals surface area contributed by atoms with Gasteiger partial charge in [0.2, 0.25) is 0 Å². The molecule has 0 unspecified atom stereocenters. The maximum atomic E-state index is 11.4. The zero-order chi connectivity index (χ0) is 15.2. The average molecular weight is 283 g/mol. The summed E-state index contributed by atoms with van der Waals surface area (Å²) in [4.78, 5) is 22.8. The van der Waals surface area contributed by atoms with Crippen LogP contribution in [0, 0.1) is 0 Å². The summed E-state index contributed by atoms with van der Waals surface area (Å²) >= 11 is 0. The average Bonchev–Trinajstić information content (AvgIpc) is 2.46. The molecular formula is C16H17N3O2. The van der Waals surface area contributed by atoms with Crippen LogP contribution in [-0.4, -0.2) is 24.1 Å². The first kappa shape index (κ1) is 14.7. The van der Waals surface area contributed by atoms with E-state index in [1.807, 2.05) is 42.5 Å². The first-order chi connectivity index (χ1) is 10.1. The number of nitrogens with one attached hydrogen (secondary N) is 2. The van der Waals surface area contributed by atoms with Crippen LogP contribution in [0.3, 0.4) is 0 Å². The maximum Gasteiger partial charge on any atom is 0.329 e. The molecule has 0 aromatic heterocycles. The summed E-state index contributed by atoms with van der Waals surface area (Å²) in [7, 11) is 0. The fraction of sp³-hybridized carbons (Fsp3) is 0.188. The third-order valence-corrected chi connectivity index (χ3v) is 2.78. The van der Waals surface area contributed by atoms with Crippen LogP contribution in [0.5, 0.6) is 0 Å². The summed E-state index contributed by atoms with van der Waals surface area (Å²) in [6.45, 7) is 3.56. The molecule has 0 radical (unpaired) electrons. The highest BCUT2D eigenvalue weighted by molar-refractivity contribution is 6.35. The number of hydrazone groups is 1. The van der Waals surface area contributed by atoms with Crippen molar-refractivity contribution in [3.63, 3.8) is 0 Å². The van der Waals surface area contributed by atoms with Crippen molar-refractivity contribution < 1.29 is 9.59 Å². The van der Waals surface area contributed by atoms with Gasteiger partial charge in [-0.2, -0.15) is 5.10 Å². The van der Waals surface area contributed by atoms with E-state index in [1.165, 1.54) is 6.21 Å². The minimum Gasteiger partial charge on any atom is -0.346 e. The number of amides is 2. The molecule has 5 heteroatoms. The van der Waals surface area contributed by atoms with E-state index in [4.69, 9.17) is 0 Å². The lowest BCUT2D eigenvalue weighted by Crippen LogP contribution is -2.41. The largest absolute Gasteiger partial charge is 0.346 e. The van der Waals surface area contributed by atoms with Gasteiger partial charge in [-0.25, -0.2) is 5.43 Å². The topological polar surface area (TPSA) is 70.6 Å². The Balaban J connectivity index is 1.99. The molecule has 108 valence electrons. The highest BCUT2D eigenvalue weighted by Gasteiger charge is 2.12. The molecule has 0 heterocycles. The van der Waals surface area contributed by atoms with Gasteiger partial charge >= 0.3 is 11.8 Å². The lowest BCUT2D eigenvalue weighted by Gasteiger charge is -2.06. The Hall–Kier alpha value is -2.69. The van der Waals surface area contributed by atoms with Gasteiger partial charge in [0.15, 0.2) is 0 Å². The van der Waals surface area contributed by atoms with Crippen LogP contribution in [0.15, 0.2) is 47.6 Å². The van der Waals surface area contributed by atoms with Crippen LogP contribution in [0.1, 0.15) is 19.4 Å². The van der Waals surface area contributed by atoms with Gasteiger partial charge in [0.05, 0.1) is 6.21 Å². The lowest BCUT2D eigenvalue weighted by atomic mass is 10.1. The molecule has 0 fully saturated rings. The van der Waals surface area contributed by atoms with E-state index >= 15 is 0 Å². The second-order valence-electron chi connectivity index (χ2n) is 4.93. The first-order valence-corrected chi connectivity index (χ1v) is 6.69. The van der Waals surface area contributed by atoms with Crippen LogP contribution in [0.25, 0.3) is 10.8 Å². The second kappa shape index (κ2) is 6.65. The Labute approximate surface area is 123 Å². The number of hydrogen-bond acceptors (Lipinski definition) is 3. The molecule has 0 atom stereocenters. The van der Waals surface area contributed by atoms with Crippen molar-refractivity contribution in [2.24, 2.45) is 5.10 Å². The van der Waals surface area contributed by atoms with Crippen LogP contribution in [0.2, 0.25) is 0 Å². The maximum absolute atomic E-state index is 11.4. The normalized spacial score (nSPS) is 11.0. The molecule has 2 amide bonds. The Morgan fingerprint density at radius 3 is 2.48 bits per heavy atom. The van der Waals surface area contributed by atoms with E-state index in [9.17, 15) is 9.59 Å². The second-order valence-corrected chi connectivity index (χ2v) is 4.93. The standard InChI is InChI=1S/C16H17N3O2/c1-11(2)18-15(20)16(21)19-17-10-12-7-8-13-5-3-4-6-14(13)9-12/h3-11H,1-2H3,(H,18,20)(H,19,21)/b17-10-. The molecule has 0 saturated carbocycles. The van der Waals surface area contributed by atoms with Crippen molar-refractivity contribution in [3.8, 4) is 0 Å². The summed E-state index contributed by atoms with van der Waals surface area (Å²) in [6, 6.07) is 13.7. The zero-order valence-electron chi connectivity index (χ0n) is 12.0. The van der Waals surface area contributed by atoms with E-state index in [0.717, 1.165) is 16.3 Å². The molecule has 0 saturated heterocycles. The summed E-state index contributed by atoms with van der Waals surface area (Å²) in [6.07, 6.45) is 1.51. The minimum absolute atomic E-state index is 0.0901. The number of fused-ring (bicyclic) bond motifs is 1. The molecule has 5 nitrogen and oxygen atoms in total. The molecule has 2 N–H and O–H groups in total. The van der Waals surface area contributed by atoms with Crippen LogP contribution < -0.4 is 10.7 Å². The molecular weight excluding hydrogens is 266 g/mol.